The third-order valence-corrected chi connectivity index (χ3v) is 5.10. The van der Waals surface area contributed by atoms with Gasteiger partial charge < -0.3 is 9.64 Å². The van der Waals surface area contributed by atoms with Crippen LogP contribution in [-0.2, 0) is 11.3 Å². The van der Waals surface area contributed by atoms with Gasteiger partial charge in [0.15, 0.2) is 0 Å². The summed E-state index contributed by atoms with van der Waals surface area (Å²) >= 11 is 3.48. The van der Waals surface area contributed by atoms with Gasteiger partial charge in [-0.3, -0.25) is 4.79 Å². The van der Waals surface area contributed by atoms with Gasteiger partial charge in [-0.05, 0) is 19.3 Å². The SMILES string of the molecule is CC(C)(CBr)Cn1ncc(N2CCOC(C)(C)C2)cc1=O. The third kappa shape index (κ3) is 4.30. The Balaban J connectivity index is 2.18. The first-order valence-electron chi connectivity index (χ1n) is 7.24. The van der Waals surface area contributed by atoms with Crippen molar-refractivity contribution in [2.75, 3.05) is 29.9 Å². The fraction of sp³-hybridized carbons (Fsp3) is 0.733. The zero-order chi connectivity index (χ0) is 15.7. The summed E-state index contributed by atoms with van der Waals surface area (Å²) < 4.78 is 7.24. The van der Waals surface area contributed by atoms with Gasteiger partial charge in [-0.15, -0.1) is 0 Å². The number of anilines is 1. The maximum atomic E-state index is 12.3. The Morgan fingerprint density at radius 3 is 2.76 bits per heavy atom. The van der Waals surface area contributed by atoms with E-state index >= 15 is 0 Å². The molecular weight excluding hydrogens is 334 g/mol. The molecule has 21 heavy (non-hydrogen) atoms. The minimum Gasteiger partial charge on any atom is -0.372 e. The van der Waals surface area contributed by atoms with E-state index in [1.165, 1.54) is 4.68 Å². The summed E-state index contributed by atoms with van der Waals surface area (Å²) in [7, 11) is 0. The molecule has 1 saturated heterocycles. The Labute approximate surface area is 134 Å². The standard InChI is InChI=1S/C15H24BrN3O2/c1-14(2,9-16)10-19-13(20)7-12(8-17-19)18-5-6-21-15(3,4)11-18/h7-8H,5-6,9-11H2,1-4H3. The molecule has 0 spiro atoms. The smallest absolute Gasteiger partial charge is 0.268 e. The fourth-order valence-corrected chi connectivity index (χ4v) is 2.58. The molecule has 6 heteroatoms. The normalized spacial score (nSPS) is 18.8. The first kappa shape index (κ1) is 16.5. The van der Waals surface area contributed by atoms with Gasteiger partial charge in [-0.2, -0.15) is 5.10 Å². The van der Waals surface area contributed by atoms with Crippen LogP contribution < -0.4 is 10.5 Å². The van der Waals surface area contributed by atoms with Crippen LogP contribution in [0, 0.1) is 5.41 Å². The van der Waals surface area contributed by atoms with E-state index in [0.29, 0.717) is 13.2 Å². The molecule has 0 atom stereocenters. The molecule has 0 N–H and O–H groups in total. The highest BCUT2D eigenvalue weighted by molar-refractivity contribution is 9.09. The van der Waals surface area contributed by atoms with E-state index in [9.17, 15) is 4.79 Å². The minimum atomic E-state index is -0.189. The monoisotopic (exact) mass is 357 g/mol. The number of nitrogens with zero attached hydrogens (tertiary/aromatic N) is 3. The van der Waals surface area contributed by atoms with E-state index in [2.05, 4.69) is 53.6 Å². The van der Waals surface area contributed by atoms with Gasteiger partial charge in [0.2, 0.25) is 0 Å². The summed E-state index contributed by atoms with van der Waals surface area (Å²) in [6.45, 7) is 11.2. The molecule has 0 unspecified atom stereocenters. The van der Waals surface area contributed by atoms with Crippen LogP contribution in [0.2, 0.25) is 0 Å². The number of aromatic nitrogens is 2. The maximum absolute atomic E-state index is 12.3. The number of morpholine rings is 1. The van der Waals surface area contributed by atoms with Crippen molar-refractivity contribution in [3.63, 3.8) is 0 Å². The second-order valence-electron chi connectivity index (χ2n) is 7.04. The predicted molar refractivity (Wildman–Crippen MR) is 88.3 cm³/mol. The van der Waals surface area contributed by atoms with Crippen molar-refractivity contribution >= 4 is 21.6 Å². The van der Waals surface area contributed by atoms with Gasteiger partial charge in [-0.1, -0.05) is 29.8 Å². The third-order valence-electron chi connectivity index (χ3n) is 3.59. The number of hydrogen-bond acceptors (Lipinski definition) is 4. The van der Waals surface area contributed by atoms with Crippen LogP contribution in [0.15, 0.2) is 17.1 Å². The molecule has 2 rings (SSSR count). The molecule has 0 radical (unpaired) electrons. The van der Waals surface area contributed by atoms with Gasteiger partial charge >= 0.3 is 0 Å². The van der Waals surface area contributed by atoms with Crippen molar-refractivity contribution in [2.24, 2.45) is 5.41 Å². The number of ether oxygens (including phenoxy) is 1. The molecule has 0 aromatic carbocycles. The quantitative estimate of drug-likeness (QED) is 0.775. The topological polar surface area (TPSA) is 47.4 Å². The Morgan fingerprint density at radius 2 is 2.19 bits per heavy atom. The van der Waals surface area contributed by atoms with E-state index in [1.54, 1.807) is 12.3 Å². The Morgan fingerprint density at radius 1 is 1.48 bits per heavy atom. The second-order valence-corrected chi connectivity index (χ2v) is 7.60. The molecule has 0 bridgehead atoms. The molecule has 1 aliphatic rings. The highest BCUT2D eigenvalue weighted by atomic mass is 79.9. The van der Waals surface area contributed by atoms with Crippen LogP contribution in [0.4, 0.5) is 5.69 Å². The number of halogens is 1. The lowest BCUT2D eigenvalue weighted by molar-refractivity contribution is -0.0277. The van der Waals surface area contributed by atoms with Crippen LogP contribution >= 0.6 is 15.9 Å². The van der Waals surface area contributed by atoms with Crippen LogP contribution in [0.25, 0.3) is 0 Å². The van der Waals surface area contributed by atoms with Gasteiger partial charge in [0.05, 0.1) is 30.6 Å². The van der Waals surface area contributed by atoms with Crippen molar-refractivity contribution in [3.8, 4) is 0 Å². The summed E-state index contributed by atoms with van der Waals surface area (Å²) in [4.78, 5) is 14.4. The predicted octanol–water partition coefficient (Wildman–Crippen LogP) is 2.28. The van der Waals surface area contributed by atoms with Crippen molar-refractivity contribution in [1.29, 1.82) is 0 Å². The van der Waals surface area contributed by atoms with Crippen LogP contribution in [0.1, 0.15) is 27.7 Å². The molecule has 1 aromatic heterocycles. The second kappa shape index (κ2) is 6.08. The Hall–Kier alpha value is -0.880. The zero-order valence-electron chi connectivity index (χ0n) is 13.2. The van der Waals surface area contributed by atoms with Crippen molar-refractivity contribution in [3.05, 3.63) is 22.6 Å². The molecule has 1 aliphatic heterocycles. The number of hydrogen-bond donors (Lipinski definition) is 0. The van der Waals surface area contributed by atoms with Crippen LogP contribution in [0.3, 0.4) is 0 Å². The zero-order valence-corrected chi connectivity index (χ0v) is 14.8. The van der Waals surface area contributed by atoms with E-state index in [4.69, 9.17) is 4.74 Å². The van der Waals surface area contributed by atoms with E-state index in [0.717, 1.165) is 24.1 Å². The molecule has 0 amide bonds. The largest absolute Gasteiger partial charge is 0.372 e. The van der Waals surface area contributed by atoms with Crippen LogP contribution in [-0.4, -0.2) is 40.4 Å². The maximum Gasteiger partial charge on any atom is 0.268 e. The lowest BCUT2D eigenvalue weighted by atomic mass is 9.97. The molecule has 0 aliphatic carbocycles. The molecule has 5 nitrogen and oxygen atoms in total. The van der Waals surface area contributed by atoms with Crippen molar-refractivity contribution in [1.82, 2.24) is 9.78 Å². The highest BCUT2D eigenvalue weighted by Crippen LogP contribution is 2.22. The highest BCUT2D eigenvalue weighted by Gasteiger charge is 2.28. The Bertz CT molecular complexity index is 554. The van der Waals surface area contributed by atoms with Crippen molar-refractivity contribution < 1.29 is 4.74 Å². The number of rotatable bonds is 4. The lowest BCUT2D eigenvalue weighted by Gasteiger charge is -2.39. The summed E-state index contributed by atoms with van der Waals surface area (Å²) in [6.07, 6.45) is 1.78. The Kier molecular flexibility index (Phi) is 4.78. The molecule has 1 aromatic rings. The first-order chi connectivity index (χ1) is 9.72. The lowest BCUT2D eigenvalue weighted by Crippen LogP contribution is -2.48. The van der Waals surface area contributed by atoms with Crippen molar-refractivity contribution in [2.45, 2.75) is 39.8 Å². The van der Waals surface area contributed by atoms with E-state index in [-0.39, 0.29) is 16.6 Å². The minimum absolute atomic E-state index is 0.000696. The van der Waals surface area contributed by atoms with Gasteiger partial charge in [-0.25, -0.2) is 4.68 Å². The molecule has 118 valence electrons. The molecule has 0 saturated carbocycles. The average Bonchev–Trinajstić information content (AvgIpc) is 2.40. The summed E-state index contributed by atoms with van der Waals surface area (Å²) in [5, 5.41) is 5.16. The van der Waals surface area contributed by atoms with Gasteiger partial charge in [0.25, 0.3) is 5.56 Å². The summed E-state index contributed by atoms with van der Waals surface area (Å²) in [5.74, 6) is 0. The van der Waals surface area contributed by atoms with E-state index < -0.39 is 0 Å². The summed E-state index contributed by atoms with van der Waals surface area (Å²) in [6, 6.07) is 1.68. The summed E-state index contributed by atoms with van der Waals surface area (Å²) in [5.41, 5.74) is 0.639. The first-order valence-corrected chi connectivity index (χ1v) is 8.37. The van der Waals surface area contributed by atoms with Gasteiger partial charge in [0, 0.05) is 24.5 Å². The molecule has 2 heterocycles. The van der Waals surface area contributed by atoms with E-state index in [1.807, 2.05) is 0 Å². The van der Waals surface area contributed by atoms with Gasteiger partial charge in [0.1, 0.15) is 0 Å². The molecular formula is C15H24BrN3O2. The fourth-order valence-electron chi connectivity index (χ4n) is 2.40. The average molecular weight is 358 g/mol. The number of alkyl halides is 1. The van der Waals surface area contributed by atoms with Crippen LogP contribution in [0.5, 0.6) is 0 Å². The molecule has 1 fully saturated rings.